The second kappa shape index (κ2) is 13.4. The highest BCUT2D eigenvalue weighted by Crippen LogP contribution is 2.12. The zero-order valence-corrected chi connectivity index (χ0v) is 14.1. The van der Waals surface area contributed by atoms with E-state index in [1.807, 2.05) is 25.9 Å². The molecular formula is C17H35NO2. The van der Waals surface area contributed by atoms with Crippen LogP contribution in [0.1, 0.15) is 78.1 Å². The van der Waals surface area contributed by atoms with Crippen LogP contribution in [0.2, 0.25) is 0 Å². The third-order valence-corrected chi connectivity index (χ3v) is 3.49. The molecule has 0 aromatic heterocycles. The van der Waals surface area contributed by atoms with Gasteiger partial charge in [0.05, 0.1) is 12.6 Å². The van der Waals surface area contributed by atoms with E-state index in [0.29, 0.717) is 6.54 Å². The first-order chi connectivity index (χ1) is 9.56. The summed E-state index contributed by atoms with van der Waals surface area (Å²) in [5.41, 5.74) is 0. The number of esters is 1. The summed E-state index contributed by atoms with van der Waals surface area (Å²) in [4.78, 5) is 13.3. The smallest absolute Gasteiger partial charge is 0.320 e. The van der Waals surface area contributed by atoms with Gasteiger partial charge in [-0.25, -0.2) is 0 Å². The number of ether oxygens (including phenoxy) is 1. The van der Waals surface area contributed by atoms with Gasteiger partial charge in [0.1, 0.15) is 0 Å². The van der Waals surface area contributed by atoms with Crippen molar-refractivity contribution in [2.24, 2.45) is 0 Å². The van der Waals surface area contributed by atoms with Gasteiger partial charge in [0, 0.05) is 0 Å². The van der Waals surface area contributed by atoms with E-state index in [9.17, 15) is 4.79 Å². The van der Waals surface area contributed by atoms with Gasteiger partial charge < -0.3 is 4.74 Å². The fourth-order valence-corrected chi connectivity index (χ4v) is 2.32. The summed E-state index contributed by atoms with van der Waals surface area (Å²) in [5.74, 6) is -0.113. The van der Waals surface area contributed by atoms with Gasteiger partial charge in [-0.3, -0.25) is 9.69 Å². The summed E-state index contributed by atoms with van der Waals surface area (Å²) < 4.78 is 5.35. The lowest BCUT2D eigenvalue weighted by Gasteiger charge is -2.15. The zero-order chi connectivity index (χ0) is 15.2. The standard InChI is InChI=1S/C17H35NO2/c1-5-6-7-8-9-10-11-12-13-14-16(2)20-17(19)15-18(3)4/h16H,5-15H2,1-4H3. The molecule has 1 atom stereocenters. The van der Waals surface area contributed by atoms with Crippen molar-refractivity contribution in [3.8, 4) is 0 Å². The van der Waals surface area contributed by atoms with Crippen LogP contribution in [0.5, 0.6) is 0 Å². The van der Waals surface area contributed by atoms with Crippen molar-refractivity contribution in [1.82, 2.24) is 4.90 Å². The Hall–Kier alpha value is -0.570. The van der Waals surface area contributed by atoms with Crippen LogP contribution in [0.4, 0.5) is 0 Å². The Morgan fingerprint density at radius 1 is 0.950 bits per heavy atom. The minimum Gasteiger partial charge on any atom is -0.462 e. The van der Waals surface area contributed by atoms with E-state index in [0.717, 1.165) is 6.42 Å². The second-order valence-electron chi connectivity index (χ2n) is 6.16. The van der Waals surface area contributed by atoms with Gasteiger partial charge in [0.15, 0.2) is 0 Å². The molecule has 0 aromatic rings. The van der Waals surface area contributed by atoms with E-state index >= 15 is 0 Å². The Balaban J connectivity index is 3.31. The lowest BCUT2D eigenvalue weighted by atomic mass is 10.1. The summed E-state index contributed by atoms with van der Waals surface area (Å²) >= 11 is 0. The van der Waals surface area contributed by atoms with Crippen molar-refractivity contribution >= 4 is 5.97 Å². The topological polar surface area (TPSA) is 29.5 Å². The maximum atomic E-state index is 11.5. The molecule has 0 bridgehead atoms. The predicted molar refractivity (Wildman–Crippen MR) is 86.0 cm³/mol. The summed E-state index contributed by atoms with van der Waals surface area (Å²) in [6, 6.07) is 0. The minimum atomic E-state index is -0.113. The first-order valence-corrected chi connectivity index (χ1v) is 8.40. The van der Waals surface area contributed by atoms with E-state index in [1.54, 1.807) is 0 Å². The minimum absolute atomic E-state index is 0.0620. The first kappa shape index (κ1) is 19.4. The largest absolute Gasteiger partial charge is 0.462 e. The molecule has 3 nitrogen and oxygen atoms in total. The fraction of sp³-hybridized carbons (Fsp3) is 0.941. The van der Waals surface area contributed by atoms with Crippen molar-refractivity contribution in [3.05, 3.63) is 0 Å². The Morgan fingerprint density at radius 2 is 1.45 bits per heavy atom. The Kier molecular flexibility index (Phi) is 13.0. The third-order valence-electron chi connectivity index (χ3n) is 3.49. The van der Waals surface area contributed by atoms with Crippen molar-refractivity contribution in [2.75, 3.05) is 20.6 Å². The van der Waals surface area contributed by atoms with Crippen LogP contribution < -0.4 is 0 Å². The Labute approximate surface area is 126 Å². The number of nitrogens with zero attached hydrogens (tertiary/aromatic N) is 1. The second-order valence-corrected chi connectivity index (χ2v) is 6.16. The maximum Gasteiger partial charge on any atom is 0.320 e. The molecule has 0 fully saturated rings. The van der Waals surface area contributed by atoms with Crippen LogP contribution in [-0.4, -0.2) is 37.6 Å². The van der Waals surface area contributed by atoms with E-state index < -0.39 is 0 Å². The molecule has 1 unspecified atom stereocenters. The molecule has 3 heteroatoms. The van der Waals surface area contributed by atoms with Crippen LogP contribution in [-0.2, 0) is 9.53 Å². The number of hydrogen-bond acceptors (Lipinski definition) is 3. The van der Waals surface area contributed by atoms with E-state index in [2.05, 4.69) is 6.92 Å². The van der Waals surface area contributed by atoms with Crippen molar-refractivity contribution < 1.29 is 9.53 Å². The monoisotopic (exact) mass is 285 g/mol. The van der Waals surface area contributed by atoms with Gasteiger partial charge in [-0.2, -0.15) is 0 Å². The van der Waals surface area contributed by atoms with E-state index in [1.165, 1.54) is 57.8 Å². The average Bonchev–Trinajstić information content (AvgIpc) is 2.35. The van der Waals surface area contributed by atoms with Crippen LogP contribution in [0, 0.1) is 0 Å². The molecule has 0 spiro atoms. The van der Waals surface area contributed by atoms with Crippen LogP contribution in [0.15, 0.2) is 0 Å². The van der Waals surface area contributed by atoms with Gasteiger partial charge in [0.2, 0.25) is 0 Å². The van der Waals surface area contributed by atoms with Gasteiger partial charge >= 0.3 is 5.97 Å². The van der Waals surface area contributed by atoms with Crippen LogP contribution in [0.25, 0.3) is 0 Å². The number of hydrogen-bond donors (Lipinski definition) is 0. The van der Waals surface area contributed by atoms with Gasteiger partial charge in [-0.05, 0) is 33.9 Å². The normalized spacial score (nSPS) is 12.7. The number of carbonyl (C=O) groups excluding carboxylic acids is 1. The van der Waals surface area contributed by atoms with Crippen molar-refractivity contribution in [2.45, 2.75) is 84.2 Å². The number of rotatable bonds is 13. The van der Waals surface area contributed by atoms with Crippen LogP contribution >= 0.6 is 0 Å². The van der Waals surface area contributed by atoms with Gasteiger partial charge in [0.25, 0.3) is 0 Å². The van der Waals surface area contributed by atoms with Crippen LogP contribution in [0.3, 0.4) is 0 Å². The highest BCUT2D eigenvalue weighted by molar-refractivity contribution is 5.71. The Bertz CT molecular complexity index is 229. The first-order valence-electron chi connectivity index (χ1n) is 8.40. The molecule has 0 radical (unpaired) electrons. The average molecular weight is 285 g/mol. The lowest BCUT2D eigenvalue weighted by Crippen LogP contribution is -2.26. The van der Waals surface area contributed by atoms with Crippen molar-refractivity contribution in [3.63, 3.8) is 0 Å². The molecule has 0 N–H and O–H groups in total. The van der Waals surface area contributed by atoms with Gasteiger partial charge in [-0.1, -0.05) is 58.3 Å². The quantitative estimate of drug-likeness (QED) is 0.371. The molecule has 0 aliphatic rings. The zero-order valence-electron chi connectivity index (χ0n) is 14.1. The summed E-state index contributed by atoms with van der Waals surface area (Å²) in [6.07, 6.45) is 13.1. The van der Waals surface area contributed by atoms with Crippen molar-refractivity contribution in [1.29, 1.82) is 0 Å². The summed E-state index contributed by atoms with van der Waals surface area (Å²) in [5, 5.41) is 0. The van der Waals surface area contributed by atoms with E-state index in [4.69, 9.17) is 4.74 Å². The molecular weight excluding hydrogens is 250 g/mol. The highest BCUT2D eigenvalue weighted by atomic mass is 16.5. The molecule has 0 aromatic carbocycles. The molecule has 0 aliphatic carbocycles. The molecule has 0 rings (SSSR count). The Morgan fingerprint density at radius 3 is 1.95 bits per heavy atom. The molecule has 0 amide bonds. The molecule has 0 saturated heterocycles. The van der Waals surface area contributed by atoms with Gasteiger partial charge in [-0.15, -0.1) is 0 Å². The summed E-state index contributed by atoms with van der Waals surface area (Å²) in [6.45, 7) is 4.63. The SMILES string of the molecule is CCCCCCCCCCCC(C)OC(=O)CN(C)C. The molecule has 0 heterocycles. The third kappa shape index (κ3) is 13.9. The molecule has 0 saturated carbocycles. The molecule has 20 heavy (non-hydrogen) atoms. The van der Waals surface area contributed by atoms with E-state index in [-0.39, 0.29) is 12.1 Å². The fourth-order valence-electron chi connectivity index (χ4n) is 2.32. The predicted octanol–water partition coefficient (Wildman–Crippen LogP) is 4.40. The molecule has 120 valence electrons. The number of likely N-dealkylation sites (N-methyl/N-ethyl adjacent to an activating group) is 1. The highest BCUT2D eigenvalue weighted by Gasteiger charge is 2.09. The number of carbonyl (C=O) groups is 1. The number of unbranched alkanes of at least 4 members (excludes halogenated alkanes) is 8. The molecule has 0 aliphatic heterocycles. The summed E-state index contributed by atoms with van der Waals surface area (Å²) in [7, 11) is 3.76. The maximum absolute atomic E-state index is 11.5. The lowest BCUT2D eigenvalue weighted by molar-refractivity contribution is -0.149.